The van der Waals surface area contributed by atoms with Gasteiger partial charge in [0.25, 0.3) is 0 Å². The second-order valence-corrected chi connectivity index (χ2v) is 5.65. The van der Waals surface area contributed by atoms with Gasteiger partial charge in [0.15, 0.2) is 5.79 Å². The lowest BCUT2D eigenvalue weighted by atomic mass is 9.84. The fraction of sp³-hybridized carbons (Fsp3) is 1.00. The number of hydrogen-bond acceptors (Lipinski definition) is 4. The summed E-state index contributed by atoms with van der Waals surface area (Å²) < 4.78 is 11.7. The molecule has 16 heavy (non-hydrogen) atoms. The molecule has 1 unspecified atom stereocenters. The number of rotatable bonds is 3. The molecule has 2 N–H and O–H groups in total. The van der Waals surface area contributed by atoms with Gasteiger partial charge in [-0.3, -0.25) is 4.90 Å². The van der Waals surface area contributed by atoms with Gasteiger partial charge in [-0.1, -0.05) is 0 Å². The van der Waals surface area contributed by atoms with E-state index in [1.54, 1.807) is 0 Å². The lowest BCUT2D eigenvalue weighted by molar-refractivity contribution is -0.333. The molecule has 0 bridgehead atoms. The van der Waals surface area contributed by atoms with Gasteiger partial charge in [-0.2, -0.15) is 0 Å². The van der Waals surface area contributed by atoms with Crippen molar-refractivity contribution in [3.05, 3.63) is 0 Å². The topological polar surface area (TPSA) is 47.7 Å². The summed E-state index contributed by atoms with van der Waals surface area (Å²) in [5.74, 6) is -0.601. The highest BCUT2D eigenvalue weighted by atomic mass is 16.7. The summed E-state index contributed by atoms with van der Waals surface area (Å²) in [7, 11) is 0. The van der Waals surface area contributed by atoms with E-state index >= 15 is 0 Å². The number of ether oxygens (including phenoxy) is 2. The zero-order valence-corrected chi connectivity index (χ0v) is 11.5. The summed E-state index contributed by atoms with van der Waals surface area (Å²) in [5.41, 5.74) is 5.58. The van der Waals surface area contributed by atoms with E-state index in [-0.39, 0.29) is 11.1 Å². The lowest BCUT2D eigenvalue weighted by Gasteiger charge is -2.59. The van der Waals surface area contributed by atoms with Crippen LogP contribution in [0.4, 0.5) is 0 Å². The first-order valence-electron chi connectivity index (χ1n) is 5.97. The van der Waals surface area contributed by atoms with E-state index in [2.05, 4.69) is 32.6 Å². The van der Waals surface area contributed by atoms with Gasteiger partial charge in [0, 0.05) is 18.8 Å². The number of nitrogens with two attached hydrogens (primary N) is 1. The van der Waals surface area contributed by atoms with Crippen molar-refractivity contribution in [1.82, 2.24) is 4.90 Å². The number of nitrogens with zero attached hydrogens (tertiary/aromatic N) is 1. The SMILES string of the molecule is CCOC1(C)OCC(C)(C)N(CN)C1(C)C. The highest BCUT2D eigenvalue weighted by molar-refractivity contribution is 5.03. The Kier molecular flexibility index (Phi) is 3.70. The van der Waals surface area contributed by atoms with E-state index in [9.17, 15) is 0 Å². The van der Waals surface area contributed by atoms with Crippen LogP contribution in [0.2, 0.25) is 0 Å². The zero-order chi connectivity index (χ0) is 12.6. The minimum absolute atomic E-state index is 0.0607. The molecule has 0 aromatic heterocycles. The molecule has 1 rings (SSSR count). The summed E-state index contributed by atoms with van der Waals surface area (Å²) in [6.45, 7) is 14.3. The molecule has 0 spiro atoms. The van der Waals surface area contributed by atoms with Crippen molar-refractivity contribution in [2.45, 2.75) is 58.4 Å². The maximum Gasteiger partial charge on any atom is 0.183 e. The van der Waals surface area contributed by atoms with E-state index in [0.29, 0.717) is 19.9 Å². The Morgan fingerprint density at radius 2 is 1.81 bits per heavy atom. The Morgan fingerprint density at radius 1 is 1.25 bits per heavy atom. The molecule has 0 aliphatic carbocycles. The third kappa shape index (κ3) is 1.99. The van der Waals surface area contributed by atoms with Crippen molar-refractivity contribution in [1.29, 1.82) is 0 Å². The maximum absolute atomic E-state index is 5.95. The van der Waals surface area contributed by atoms with E-state index in [0.717, 1.165) is 0 Å². The van der Waals surface area contributed by atoms with Crippen LogP contribution in [0.25, 0.3) is 0 Å². The molecule has 1 atom stereocenters. The van der Waals surface area contributed by atoms with Crippen molar-refractivity contribution >= 4 is 0 Å². The molecule has 1 heterocycles. The van der Waals surface area contributed by atoms with Crippen molar-refractivity contribution in [3.63, 3.8) is 0 Å². The molecule has 0 aromatic rings. The second kappa shape index (κ2) is 4.26. The van der Waals surface area contributed by atoms with E-state index < -0.39 is 5.79 Å². The minimum Gasteiger partial charge on any atom is -0.349 e. The molecular weight excluding hydrogens is 204 g/mol. The predicted octanol–water partition coefficient (Wildman–Crippen LogP) is 1.54. The van der Waals surface area contributed by atoms with Crippen molar-refractivity contribution in [2.75, 3.05) is 19.9 Å². The maximum atomic E-state index is 5.95. The summed E-state index contributed by atoms with van der Waals surface area (Å²) in [6.07, 6.45) is 0. The average molecular weight is 230 g/mol. The molecule has 0 amide bonds. The summed E-state index contributed by atoms with van der Waals surface area (Å²) in [6, 6.07) is 0. The molecule has 1 fully saturated rings. The molecule has 96 valence electrons. The summed E-state index contributed by atoms with van der Waals surface area (Å²) >= 11 is 0. The summed E-state index contributed by atoms with van der Waals surface area (Å²) in [5, 5.41) is 0. The standard InChI is InChI=1S/C12H26N2O2/c1-7-15-12(6)11(4,5)14(9-13)10(2,3)8-16-12/h7-9,13H2,1-6H3. The van der Waals surface area contributed by atoms with Crippen LogP contribution < -0.4 is 5.73 Å². The highest BCUT2D eigenvalue weighted by Crippen LogP contribution is 2.41. The summed E-state index contributed by atoms with van der Waals surface area (Å²) in [4.78, 5) is 2.25. The first-order valence-corrected chi connectivity index (χ1v) is 5.97. The third-order valence-electron chi connectivity index (χ3n) is 3.82. The normalized spacial score (nSPS) is 33.9. The van der Waals surface area contributed by atoms with Gasteiger partial charge >= 0.3 is 0 Å². The molecule has 0 saturated carbocycles. The monoisotopic (exact) mass is 230 g/mol. The Morgan fingerprint density at radius 3 is 2.25 bits per heavy atom. The van der Waals surface area contributed by atoms with Gasteiger partial charge < -0.3 is 15.2 Å². The van der Waals surface area contributed by atoms with Crippen molar-refractivity contribution in [3.8, 4) is 0 Å². The van der Waals surface area contributed by atoms with Crippen LogP contribution in [0.1, 0.15) is 41.5 Å². The van der Waals surface area contributed by atoms with Gasteiger partial charge in [-0.15, -0.1) is 0 Å². The number of hydrogen-bond donors (Lipinski definition) is 1. The van der Waals surface area contributed by atoms with Gasteiger partial charge in [-0.25, -0.2) is 0 Å². The molecule has 4 heteroatoms. The lowest BCUT2D eigenvalue weighted by Crippen LogP contribution is -2.73. The smallest absolute Gasteiger partial charge is 0.183 e. The van der Waals surface area contributed by atoms with Gasteiger partial charge in [0.05, 0.1) is 12.1 Å². The third-order valence-corrected chi connectivity index (χ3v) is 3.82. The Hall–Kier alpha value is -0.160. The van der Waals surface area contributed by atoms with Gasteiger partial charge in [0.1, 0.15) is 0 Å². The first-order chi connectivity index (χ1) is 7.21. The van der Waals surface area contributed by atoms with Crippen LogP contribution in [0, 0.1) is 0 Å². The van der Waals surface area contributed by atoms with Crippen molar-refractivity contribution < 1.29 is 9.47 Å². The number of morpholine rings is 1. The molecule has 1 aliphatic heterocycles. The van der Waals surface area contributed by atoms with Gasteiger partial charge in [-0.05, 0) is 41.5 Å². The Bertz CT molecular complexity index is 253. The zero-order valence-electron chi connectivity index (χ0n) is 11.5. The Balaban J connectivity index is 3.04. The van der Waals surface area contributed by atoms with Crippen LogP contribution in [0.3, 0.4) is 0 Å². The molecule has 0 aromatic carbocycles. The largest absolute Gasteiger partial charge is 0.349 e. The molecule has 1 aliphatic rings. The van der Waals surface area contributed by atoms with Crippen LogP contribution in [-0.4, -0.2) is 41.6 Å². The predicted molar refractivity (Wildman–Crippen MR) is 65.0 cm³/mol. The fourth-order valence-corrected chi connectivity index (χ4v) is 2.54. The molecule has 1 saturated heterocycles. The van der Waals surface area contributed by atoms with Crippen LogP contribution in [-0.2, 0) is 9.47 Å². The molecule has 0 radical (unpaired) electrons. The quantitative estimate of drug-likeness (QED) is 0.799. The minimum atomic E-state index is -0.601. The van der Waals surface area contributed by atoms with Crippen LogP contribution >= 0.6 is 0 Å². The van der Waals surface area contributed by atoms with E-state index in [1.165, 1.54) is 0 Å². The first kappa shape index (κ1) is 13.9. The van der Waals surface area contributed by atoms with Crippen LogP contribution in [0.15, 0.2) is 0 Å². The second-order valence-electron chi connectivity index (χ2n) is 5.65. The van der Waals surface area contributed by atoms with E-state index in [1.807, 2.05) is 13.8 Å². The highest BCUT2D eigenvalue weighted by Gasteiger charge is 2.55. The van der Waals surface area contributed by atoms with E-state index in [4.69, 9.17) is 15.2 Å². The average Bonchev–Trinajstić information content (AvgIpc) is 2.13. The van der Waals surface area contributed by atoms with Crippen LogP contribution in [0.5, 0.6) is 0 Å². The fourth-order valence-electron chi connectivity index (χ4n) is 2.54. The van der Waals surface area contributed by atoms with Gasteiger partial charge in [0.2, 0.25) is 0 Å². The molecule has 4 nitrogen and oxygen atoms in total. The Labute approximate surface area is 99.1 Å². The van der Waals surface area contributed by atoms with Crippen molar-refractivity contribution in [2.24, 2.45) is 5.73 Å². The molecular formula is C12H26N2O2.